The number of aliphatic hydroxyl groups is 2. The number of nitro groups is 1. The number of para-hydroxylation sites is 1. The molecule has 0 saturated heterocycles. The Bertz CT molecular complexity index is 1090. The highest BCUT2D eigenvalue weighted by atomic mass is 35.5. The first kappa shape index (κ1) is 22.5. The molecule has 9 heteroatoms. The number of hydrogen-bond acceptors (Lipinski definition) is 5. The molecule has 0 bridgehead atoms. The van der Waals surface area contributed by atoms with Crippen molar-refractivity contribution in [3.63, 3.8) is 0 Å². The second kappa shape index (κ2) is 9.74. The van der Waals surface area contributed by atoms with Gasteiger partial charge in [-0.3, -0.25) is 14.9 Å². The van der Waals surface area contributed by atoms with E-state index < -0.39 is 4.92 Å². The number of aromatic nitrogens is 1. The number of nitrogens with zero attached hydrogens (tertiary/aromatic N) is 3. The molecule has 0 aliphatic heterocycles. The third-order valence-electron chi connectivity index (χ3n) is 4.97. The van der Waals surface area contributed by atoms with Crippen molar-refractivity contribution in [3.8, 4) is 16.9 Å². The van der Waals surface area contributed by atoms with Crippen molar-refractivity contribution in [2.24, 2.45) is 0 Å². The van der Waals surface area contributed by atoms with Gasteiger partial charge in [0, 0.05) is 30.9 Å². The number of hydrogen-bond donors (Lipinski definition) is 2. The minimum absolute atomic E-state index is 0.0373. The van der Waals surface area contributed by atoms with Gasteiger partial charge in [-0.25, -0.2) is 0 Å². The zero-order valence-electron chi connectivity index (χ0n) is 16.9. The summed E-state index contributed by atoms with van der Waals surface area (Å²) in [5.41, 5.74) is 2.93. The van der Waals surface area contributed by atoms with Crippen LogP contribution < -0.4 is 0 Å². The molecule has 1 heterocycles. The second-order valence-corrected chi connectivity index (χ2v) is 7.27. The van der Waals surface area contributed by atoms with Crippen LogP contribution in [0.5, 0.6) is 0 Å². The van der Waals surface area contributed by atoms with E-state index in [-0.39, 0.29) is 37.9 Å². The fraction of sp³-hybridized carbons (Fsp3) is 0.227. The molecule has 1 aromatic heterocycles. The normalized spacial score (nSPS) is 10.8. The average Bonchev–Trinajstić information content (AvgIpc) is 3.10. The molecule has 162 valence electrons. The molecule has 1 amide bonds. The maximum atomic E-state index is 13.2. The molecule has 2 N–H and O–H groups in total. The number of amides is 1. The fourth-order valence-corrected chi connectivity index (χ4v) is 3.68. The van der Waals surface area contributed by atoms with Gasteiger partial charge in [0.2, 0.25) is 0 Å². The molecular weight excluding hydrogens is 422 g/mol. The zero-order valence-corrected chi connectivity index (χ0v) is 17.6. The van der Waals surface area contributed by atoms with E-state index in [9.17, 15) is 25.1 Å². The smallest absolute Gasteiger partial charge is 0.269 e. The molecule has 0 atom stereocenters. The maximum Gasteiger partial charge on any atom is 0.269 e. The topological polar surface area (TPSA) is 109 Å². The molecular formula is C22H22ClN3O5. The molecule has 0 spiro atoms. The van der Waals surface area contributed by atoms with E-state index >= 15 is 0 Å². The van der Waals surface area contributed by atoms with E-state index in [1.165, 1.54) is 17.0 Å². The first-order valence-electron chi connectivity index (χ1n) is 9.62. The standard InChI is InChI=1S/C22H22ClN3O5/c1-15-18(22(29)24(10-12-27)11-13-28)14-21(16-6-8-17(9-7-16)26(30)31)25(15)20-5-3-2-4-19(20)23/h2-9,14,27-28H,10-13H2,1H3. The first-order chi connectivity index (χ1) is 14.9. The van der Waals surface area contributed by atoms with Gasteiger partial charge in [-0.2, -0.15) is 0 Å². The Morgan fingerprint density at radius 3 is 2.26 bits per heavy atom. The van der Waals surface area contributed by atoms with E-state index in [0.29, 0.717) is 33.2 Å². The molecule has 0 unspecified atom stereocenters. The average molecular weight is 444 g/mol. The number of carbonyl (C=O) groups is 1. The van der Waals surface area contributed by atoms with Gasteiger partial charge < -0.3 is 19.7 Å². The number of nitro benzene ring substituents is 1. The highest BCUT2D eigenvalue weighted by Crippen LogP contribution is 2.33. The molecule has 8 nitrogen and oxygen atoms in total. The molecule has 3 aromatic rings. The van der Waals surface area contributed by atoms with Gasteiger partial charge in [-0.15, -0.1) is 0 Å². The van der Waals surface area contributed by atoms with Gasteiger partial charge in [0.1, 0.15) is 0 Å². The van der Waals surface area contributed by atoms with Crippen molar-refractivity contribution in [1.82, 2.24) is 9.47 Å². The number of rotatable bonds is 8. The number of benzene rings is 2. The molecule has 0 fully saturated rings. The van der Waals surface area contributed by atoms with E-state index in [1.807, 2.05) is 16.7 Å². The Morgan fingerprint density at radius 1 is 1.10 bits per heavy atom. The van der Waals surface area contributed by atoms with Crippen LogP contribution in [-0.2, 0) is 0 Å². The van der Waals surface area contributed by atoms with Crippen LogP contribution in [0, 0.1) is 17.0 Å². The van der Waals surface area contributed by atoms with E-state index in [4.69, 9.17) is 11.6 Å². The highest BCUT2D eigenvalue weighted by Gasteiger charge is 2.24. The minimum Gasteiger partial charge on any atom is -0.395 e. The summed E-state index contributed by atoms with van der Waals surface area (Å²) in [5.74, 6) is -0.338. The third kappa shape index (κ3) is 4.61. The minimum atomic E-state index is -0.473. The fourth-order valence-electron chi connectivity index (χ4n) is 3.46. The maximum absolute atomic E-state index is 13.2. The lowest BCUT2D eigenvalue weighted by molar-refractivity contribution is -0.384. The van der Waals surface area contributed by atoms with Gasteiger partial charge in [-0.1, -0.05) is 23.7 Å². The van der Waals surface area contributed by atoms with Gasteiger partial charge >= 0.3 is 0 Å². The van der Waals surface area contributed by atoms with Crippen LogP contribution in [0.25, 0.3) is 16.9 Å². The van der Waals surface area contributed by atoms with Gasteiger partial charge in [-0.05, 0) is 42.8 Å². The summed E-state index contributed by atoms with van der Waals surface area (Å²) >= 11 is 6.44. The third-order valence-corrected chi connectivity index (χ3v) is 5.29. The predicted molar refractivity (Wildman–Crippen MR) is 118 cm³/mol. The summed E-state index contributed by atoms with van der Waals surface area (Å²) in [4.78, 5) is 25.1. The zero-order chi connectivity index (χ0) is 22.5. The van der Waals surface area contributed by atoms with Crippen molar-refractivity contribution >= 4 is 23.2 Å². The molecule has 0 radical (unpaired) electrons. The van der Waals surface area contributed by atoms with Crippen LogP contribution in [0.15, 0.2) is 54.6 Å². The van der Waals surface area contributed by atoms with Crippen LogP contribution in [-0.4, -0.2) is 56.8 Å². The lowest BCUT2D eigenvalue weighted by atomic mass is 10.1. The van der Waals surface area contributed by atoms with E-state index in [0.717, 1.165) is 0 Å². The number of aliphatic hydroxyl groups excluding tert-OH is 2. The summed E-state index contributed by atoms with van der Waals surface area (Å²) in [7, 11) is 0. The van der Waals surface area contributed by atoms with Gasteiger partial charge in [0.15, 0.2) is 0 Å². The number of carbonyl (C=O) groups excluding carboxylic acids is 1. The van der Waals surface area contributed by atoms with Crippen molar-refractivity contribution in [1.29, 1.82) is 0 Å². The SMILES string of the molecule is Cc1c(C(=O)N(CCO)CCO)cc(-c2ccc([N+](=O)[O-])cc2)n1-c1ccccc1Cl. The van der Waals surface area contributed by atoms with Crippen LogP contribution in [0.4, 0.5) is 5.69 Å². The Morgan fingerprint density at radius 2 is 1.71 bits per heavy atom. The summed E-state index contributed by atoms with van der Waals surface area (Å²) in [5, 5.41) is 30.1. The highest BCUT2D eigenvalue weighted by molar-refractivity contribution is 6.32. The summed E-state index contributed by atoms with van der Waals surface area (Å²) in [6, 6.07) is 14.9. The molecule has 0 aliphatic rings. The Hall–Kier alpha value is -3.20. The lowest BCUT2D eigenvalue weighted by Crippen LogP contribution is -2.36. The van der Waals surface area contributed by atoms with Gasteiger partial charge in [0.25, 0.3) is 11.6 Å². The van der Waals surface area contributed by atoms with E-state index in [2.05, 4.69) is 0 Å². The Kier molecular flexibility index (Phi) is 7.06. The quantitative estimate of drug-likeness (QED) is 0.409. The molecule has 31 heavy (non-hydrogen) atoms. The Labute approximate surface area is 184 Å². The van der Waals surface area contributed by atoms with Gasteiger partial charge in [0.05, 0.1) is 40.1 Å². The van der Waals surface area contributed by atoms with Crippen molar-refractivity contribution < 1.29 is 19.9 Å². The predicted octanol–water partition coefficient (Wildman–Crippen LogP) is 3.44. The largest absolute Gasteiger partial charge is 0.395 e. The summed E-state index contributed by atoms with van der Waals surface area (Å²) in [6.45, 7) is 1.49. The first-order valence-corrected chi connectivity index (χ1v) is 10.00. The van der Waals surface area contributed by atoms with Crippen LogP contribution >= 0.6 is 11.6 Å². The molecule has 2 aromatic carbocycles. The van der Waals surface area contributed by atoms with Crippen LogP contribution in [0.3, 0.4) is 0 Å². The van der Waals surface area contributed by atoms with E-state index in [1.54, 1.807) is 37.3 Å². The number of non-ortho nitro benzene ring substituents is 1. The van der Waals surface area contributed by atoms with Crippen molar-refractivity contribution in [2.75, 3.05) is 26.3 Å². The number of halogens is 1. The van der Waals surface area contributed by atoms with Crippen LogP contribution in [0.2, 0.25) is 5.02 Å². The summed E-state index contributed by atoms with van der Waals surface area (Å²) < 4.78 is 1.83. The monoisotopic (exact) mass is 443 g/mol. The summed E-state index contributed by atoms with van der Waals surface area (Å²) in [6.07, 6.45) is 0. The molecule has 0 aliphatic carbocycles. The molecule has 0 saturated carbocycles. The lowest BCUT2D eigenvalue weighted by Gasteiger charge is -2.20. The van der Waals surface area contributed by atoms with Crippen molar-refractivity contribution in [2.45, 2.75) is 6.92 Å². The molecule has 3 rings (SSSR count). The van der Waals surface area contributed by atoms with Crippen molar-refractivity contribution in [3.05, 3.63) is 81.0 Å². The Balaban J connectivity index is 2.19. The van der Waals surface area contributed by atoms with Crippen LogP contribution in [0.1, 0.15) is 16.1 Å². The second-order valence-electron chi connectivity index (χ2n) is 6.86.